The molecular weight excluding hydrogens is 490 g/mol. The number of aromatic hydroxyl groups is 1. The van der Waals surface area contributed by atoms with Crippen LogP contribution >= 0.6 is 0 Å². The summed E-state index contributed by atoms with van der Waals surface area (Å²) in [5.41, 5.74) is 0.806. The van der Waals surface area contributed by atoms with Gasteiger partial charge in [-0.15, -0.1) is 0 Å². The van der Waals surface area contributed by atoms with Crippen molar-refractivity contribution < 1.29 is 25.2 Å². The normalized spacial score (nSPS) is 14.0. The van der Waals surface area contributed by atoms with Crippen LogP contribution in [0.3, 0.4) is 0 Å². The number of nitrogens with zero attached hydrogens (tertiary/aromatic N) is 1. The molecule has 0 saturated carbocycles. The number of unbranched alkanes of at least 4 members (excludes halogenated alkanes) is 14. The number of hydrogen-bond donors (Lipinski definition) is 4. The van der Waals surface area contributed by atoms with E-state index in [4.69, 9.17) is 0 Å². The molecule has 0 saturated heterocycles. The van der Waals surface area contributed by atoms with E-state index in [0.717, 1.165) is 31.2 Å². The summed E-state index contributed by atoms with van der Waals surface area (Å²) in [5.74, 6) is -0.814. The van der Waals surface area contributed by atoms with Gasteiger partial charge in [-0.25, -0.2) is 0 Å². The molecule has 1 aromatic carbocycles. The number of carboxylic acid groups (broad SMARTS) is 1. The standard InChI is InChI=1S/C33H59NO5/c1-3-5-7-9-11-13-15-17-19-30(36)26-34(27-31(37)20-18-16-14-12-10-8-6-4-2)32(33(38)39)25-28-21-23-29(35)24-22-28/h21-24,30-32,35-37H,3-20,25-27H2,1-2H3,(H,38,39). The highest BCUT2D eigenvalue weighted by Gasteiger charge is 2.29. The Bertz CT molecular complexity index is 683. The fourth-order valence-electron chi connectivity index (χ4n) is 5.31. The average molecular weight is 550 g/mol. The van der Waals surface area contributed by atoms with E-state index in [1.54, 1.807) is 29.2 Å². The number of phenols is 1. The fourth-order valence-corrected chi connectivity index (χ4v) is 5.31. The number of carboxylic acids is 1. The molecule has 0 aromatic heterocycles. The quantitative estimate of drug-likeness (QED) is 0.0894. The highest BCUT2D eigenvalue weighted by Crippen LogP contribution is 2.18. The van der Waals surface area contributed by atoms with Gasteiger partial charge in [0.1, 0.15) is 11.8 Å². The van der Waals surface area contributed by atoms with Crippen molar-refractivity contribution in [2.75, 3.05) is 13.1 Å². The molecule has 0 aliphatic heterocycles. The van der Waals surface area contributed by atoms with Crippen LogP contribution in [0.15, 0.2) is 24.3 Å². The lowest BCUT2D eigenvalue weighted by atomic mass is 10.0. The first-order valence-corrected chi connectivity index (χ1v) is 16.0. The van der Waals surface area contributed by atoms with Crippen LogP contribution in [0.4, 0.5) is 0 Å². The fraction of sp³-hybridized carbons (Fsp3) is 0.788. The first kappa shape index (κ1) is 35.4. The van der Waals surface area contributed by atoms with Gasteiger partial charge in [-0.2, -0.15) is 0 Å². The van der Waals surface area contributed by atoms with Crippen molar-refractivity contribution in [3.63, 3.8) is 0 Å². The molecule has 0 radical (unpaired) electrons. The van der Waals surface area contributed by atoms with Gasteiger partial charge in [0.25, 0.3) is 0 Å². The molecule has 0 aliphatic carbocycles. The van der Waals surface area contributed by atoms with E-state index in [9.17, 15) is 25.2 Å². The molecule has 39 heavy (non-hydrogen) atoms. The maximum Gasteiger partial charge on any atom is 0.321 e. The van der Waals surface area contributed by atoms with Gasteiger partial charge in [0.05, 0.1) is 12.2 Å². The number of hydrogen-bond acceptors (Lipinski definition) is 5. The maximum atomic E-state index is 12.3. The minimum atomic E-state index is -0.957. The highest BCUT2D eigenvalue weighted by molar-refractivity contribution is 5.74. The smallest absolute Gasteiger partial charge is 0.321 e. The minimum absolute atomic E-state index is 0.143. The summed E-state index contributed by atoms with van der Waals surface area (Å²) in [6, 6.07) is 5.74. The third-order valence-electron chi connectivity index (χ3n) is 7.76. The van der Waals surface area contributed by atoms with Gasteiger partial charge in [0, 0.05) is 13.1 Å². The van der Waals surface area contributed by atoms with Crippen LogP contribution < -0.4 is 0 Å². The maximum absolute atomic E-state index is 12.3. The van der Waals surface area contributed by atoms with Gasteiger partial charge in [0.15, 0.2) is 0 Å². The molecule has 0 amide bonds. The van der Waals surface area contributed by atoms with Gasteiger partial charge in [-0.1, -0.05) is 129 Å². The Morgan fingerprint density at radius 3 is 1.44 bits per heavy atom. The lowest BCUT2D eigenvalue weighted by Crippen LogP contribution is -2.49. The van der Waals surface area contributed by atoms with Gasteiger partial charge in [-0.3, -0.25) is 9.69 Å². The number of aliphatic carboxylic acids is 1. The van der Waals surface area contributed by atoms with E-state index in [1.165, 1.54) is 77.0 Å². The molecule has 3 atom stereocenters. The first-order chi connectivity index (χ1) is 18.9. The number of carbonyl (C=O) groups is 1. The molecule has 0 spiro atoms. The summed E-state index contributed by atoms with van der Waals surface area (Å²) >= 11 is 0. The Morgan fingerprint density at radius 2 is 1.05 bits per heavy atom. The Labute approximate surface area is 238 Å². The van der Waals surface area contributed by atoms with Crippen molar-refractivity contribution in [2.24, 2.45) is 0 Å². The van der Waals surface area contributed by atoms with Crippen molar-refractivity contribution in [2.45, 2.75) is 154 Å². The number of rotatable bonds is 26. The zero-order valence-corrected chi connectivity index (χ0v) is 25.0. The first-order valence-electron chi connectivity index (χ1n) is 16.0. The largest absolute Gasteiger partial charge is 0.508 e. The Kier molecular flexibility index (Phi) is 21.0. The molecule has 226 valence electrons. The Morgan fingerprint density at radius 1 is 0.667 bits per heavy atom. The average Bonchev–Trinajstić information content (AvgIpc) is 2.90. The van der Waals surface area contributed by atoms with Crippen LogP contribution in [0.1, 0.15) is 135 Å². The van der Waals surface area contributed by atoms with Crippen molar-refractivity contribution >= 4 is 5.97 Å². The van der Waals surface area contributed by atoms with Crippen LogP contribution in [0.2, 0.25) is 0 Å². The second-order valence-corrected chi connectivity index (χ2v) is 11.5. The van der Waals surface area contributed by atoms with Crippen molar-refractivity contribution in [3.05, 3.63) is 29.8 Å². The third kappa shape index (κ3) is 18.4. The second-order valence-electron chi connectivity index (χ2n) is 11.5. The lowest BCUT2D eigenvalue weighted by molar-refractivity contribution is -0.144. The van der Waals surface area contributed by atoms with E-state index in [-0.39, 0.29) is 25.3 Å². The van der Waals surface area contributed by atoms with Gasteiger partial charge >= 0.3 is 5.97 Å². The van der Waals surface area contributed by atoms with E-state index in [1.807, 2.05) is 0 Å². The topological polar surface area (TPSA) is 101 Å². The van der Waals surface area contributed by atoms with Crippen LogP contribution in [-0.2, 0) is 11.2 Å². The molecule has 0 bridgehead atoms. The molecule has 0 heterocycles. The highest BCUT2D eigenvalue weighted by atomic mass is 16.4. The van der Waals surface area contributed by atoms with Crippen molar-refractivity contribution in [3.8, 4) is 5.75 Å². The molecule has 4 N–H and O–H groups in total. The number of aliphatic hydroxyl groups excluding tert-OH is 2. The van der Waals surface area contributed by atoms with Gasteiger partial charge < -0.3 is 20.4 Å². The lowest BCUT2D eigenvalue weighted by Gasteiger charge is -2.32. The Balaban J connectivity index is 2.62. The van der Waals surface area contributed by atoms with E-state index in [2.05, 4.69) is 13.8 Å². The monoisotopic (exact) mass is 549 g/mol. The van der Waals surface area contributed by atoms with E-state index < -0.39 is 24.2 Å². The number of phenolic OH excluding ortho intramolecular Hbond substituents is 1. The zero-order valence-electron chi connectivity index (χ0n) is 25.0. The molecule has 1 rings (SSSR count). The van der Waals surface area contributed by atoms with Crippen LogP contribution in [-0.4, -0.2) is 62.6 Å². The summed E-state index contributed by atoms with van der Waals surface area (Å²) in [6.45, 7) is 4.92. The Hall–Kier alpha value is -1.63. The summed E-state index contributed by atoms with van der Waals surface area (Å²) in [7, 11) is 0. The summed E-state index contributed by atoms with van der Waals surface area (Å²) in [5, 5.41) is 41.4. The molecule has 3 unspecified atom stereocenters. The van der Waals surface area contributed by atoms with Crippen LogP contribution in [0.25, 0.3) is 0 Å². The molecule has 0 aliphatic rings. The van der Waals surface area contributed by atoms with Crippen LogP contribution in [0.5, 0.6) is 5.75 Å². The zero-order chi connectivity index (χ0) is 28.7. The number of benzene rings is 1. The van der Waals surface area contributed by atoms with Gasteiger partial charge in [-0.05, 0) is 37.0 Å². The van der Waals surface area contributed by atoms with Gasteiger partial charge in [0.2, 0.25) is 0 Å². The predicted molar refractivity (Wildman–Crippen MR) is 161 cm³/mol. The molecular formula is C33H59NO5. The SMILES string of the molecule is CCCCCCCCCCC(O)CN(CC(O)CCCCCCCCCC)C(Cc1ccc(O)cc1)C(=O)O. The molecule has 1 aromatic rings. The van der Waals surface area contributed by atoms with Crippen molar-refractivity contribution in [1.29, 1.82) is 0 Å². The minimum Gasteiger partial charge on any atom is -0.508 e. The molecule has 6 heteroatoms. The van der Waals surface area contributed by atoms with E-state index >= 15 is 0 Å². The van der Waals surface area contributed by atoms with Crippen molar-refractivity contribution in [1.82, 2.24) is 4.90 Å². The van der Waals surface area contributed by atoms with Crippen LogP contribution in [0, 0.1) is 0 Å². The third-order valence-corrected chi connectivity index (χ3v) is 7.76. The summed E-state index contributed by atoms with van der Waals surface area (Å²) < 4.78 is 0. The van der Waals surface area contributed by atoms with E-state index in [0.29, 0.717) is 12.8 Å². The second kappa shape index (κ2) is 23.1. The number of aliphatic hydroxyl groups is 2. The molecule has 6 nitrogen and oxygen atoms in total. The summed E-state index contributed by atoms with van der Waals surface area (Å²) in [4.78, 5) is 14.1. The predicted octanol–water partition coefficient (Wildman–Crippen LogP) is 7.47. The molecule has 0 fully saturated rings. The summed E-state index contributed by atoms with van der Waals surface area (Å²) in [6.07, 6.45) is 19.4.